The minimum absolute atomic E-state index is 0.0901. The summed E-state index contributed by atoms with van der Waals surface area (Å²) in [6, 6.07) is 5.95. The number of hydrogen-bond donors (Lipinski definition) is 1. The Morgan fingerprint density at radius 2 is 1.77 bits per heavy atom. The summed E-state index contributed by atoms with van der Waals surface area (Å²) in [5.74, 6) is -4.38. The minimum Gasteiger partial charge on any atom is -0.480 e. The first-order chi connectivity index (χ1) is 12.1. The maximum Gasteiger partial charge on any atom is 0.451 e. The van der Waals surface area contributed by atoms with Crippen molar-refractivity contribution in [3.63, 3.8) is 0 Å². The van der Waals surface area contributed by atoms with E-state index in [1.165, 1.54) is 19.1 Å². The largest absolute Gasteiger partial charge is 0.480 e. The fourth-order valence-electron chi connectivity index (χ4n) is 2.14. The van der Waals surface area contributed by atoms with Crippen molar-refractivity contribution in [3.05, 3.63) is 58.9 Å². The topological polar surface area (TPSA) is 83.4 Å². The Morgan fingerprint density at radius 1 is 1.15 bits per heavy atom. The molecule has 0 unspecified atom stereocenters. The van der Waals surface area contributed by atoms with Gasteiger partial charge in [-0.15, -0.1) is 0 Å². The molecule has 1 aromatic heterocycles. The summed E-state index contributed by atoms with van der Waals surface area (Å²) in [6.45, 7) is 0.256. The van der Waals surface area contributed by atoms with Gasteiger partial charge in [-0.1, -0.05) is 12.1 Å². The molecule has 0 radical (unpaired) electrons. The quantitative estimate of drug-likeness (QED) is 0.817. The Hall–Kier alpha value is -3.04. The minimum atomic E-state index is -4.85. The highest BCUT2D eigenvalue weighted by molar-refractivity contribution is 5.94. The molecule has 1 N–H and O–H groups in total. The molecule has 0 saturated heterocycles. The van der Waals surface area contributed by atoms with Crippen LogP contribution in [-0.4, -0.2) is 38.4 Å². The molecule has 10 heteroatoms. The van der Waals surface area contributed by atoms with Gasteiger partial charge in [-0.25, -0.2) is 14.4 Å². The number of amides is 1. The van der Waals surface area contributed by atoms with Gasteiger partial charge in [0, 0.05) is 12.2 Å². The summed E-state index contributed by atoms with van der Waals surface area (Å²) in [4.78, 5) is 30.8. The maximum absolute atomic E-state index is 13.0. The number of halogens is 4. The van der Waals surface area contributed by atoms with Crippen LogP contribution in [0.25, 0.3) is 0 Å². The summed E-state index contributed by atoms with van der Waals surface area (Å²) < 4.78 is 51.4. The second-order valence-corrected chi connectivity index (χ2v) is 5.40. The monoisotopic (exact) mass is 371 g/mol. The lowest BCUT2D eigenvalue weighted by Crippen LogP contribution is -2.36. The first-order valence-electron chi connectivity index (χ1n) is 7.24. The van der Waals surface area contributed by atoms with Gasteiger partial charge in [0.05, 0.1) is 0 Å². The molecule has 1 heterocycles. The van der Waals surface area contributed by atoms with E-state index in [9.17, 15) is 27.2 Å². The van der Waals surface area contributed by atoms with Crippen molar-refractivity contribution >= 4 is 11.9 Å². The molecule has 0 aliphatic heterocycles. The van der Waals surface area contributed by atoms with E-state index in [1.807, 2.05) is 0 Å². The highest BCUT2D eigenvalue weighted by Gasteiger charge is 2.36. The van der Waals surface area contributed by atoms with Crippen LogP contribution in [0.15, 0.2) is 30.3 Å². The van der Waals surface area contributed by atoms with Crippen LogP contribution in [-0.2, 0) is 17.5 Å². The van der Waals surface area contributed by atoms with Gasteiger partial charge in [-0.05, 0) is 30.7 Å². The highest BCUT2D eigenvalue weighted by atomic mass is 19.4. The zero-order chi connectivity index (χ0) is 19.5. The van der Waals surface area contributed by atoms with Crippen molar-refractivity contribution in [2.75, 3.05) is 6.54 Å². The van der Waals surface area contributed by atoms with Crippen molar-refractivity contribution in [3.8, 4) is 0 Å². The molecular weight excluding hydrogens is 358 g/mol. The van der Waals surface area contributed by atoms with Crippen molar-refractivity contribution in [1.82, 2.24) is 14.9 Å². The van der Waals surface area contributed by atoms with Crippen molar-refractivity contribution < 1.29 is 32.3 Å². The number of nitrogens with zero attached hydrogens (tertiary/aromatic N) is 3. The van der Waals surface area contributed by atoms with E-state index in [2.05, 4.69) is 9.97 Å². The number of aryl methyl sites for hydroxylation is 1. The van der Waals surface area contributed by atoms with Gasteiger partial charge < -0.3 is 10.0 Å². The van der Waals surface area contributed by atoms with Gasteiger partial charge in [-0.3, -0.25) is 9.59 Å². The molecule has 0 saturated carbocycles. The first kappa shape index (κ1) is 19.3. The molecule has 2 rings (SSSR count). The normalized spacial score (nSPS) is 11.3. The van der Waals surface area contributed by atoms with Gasteiger partial charge in [0.15, 0.2) is 0 Å². The molecule has 2 aromatic rings. The molecule has 6 nitrogen and oxygen atoms in total. The summed E-state index contributed by atoms with van der Waals surface area (Å²) in [5.41, 5.74) is -0.260. The molecule has 0 bridgehead atoms. The van der Waals surface area contributed by atoms with Gasteiger partial charge in [0.1, 0.15) is 18.1 Å². The molecule has 1 amide bonds. The molecule has 0 atom stereocenters. The number of carbonyl (C=O) groups is 2. The number of benzene rings is 1. The van der Waals surface area contributed by atoms with Crippen LogP contribution in [0, 0.1) is 12.7 Å². The average Bonchev–Trinajstić information content (AvgIpc) is 2.54. The van der Waals surface area contributed by atoms with E-state index in [-0.39, 0.29) is 12.2 Å². The zero-order valence-corrected chi connectivity index (χ0v) is 13.4. The first-order valence-corrected chi connectivity index (χ1v) is 7.24. The second-order valence-electron chi connectivity index (χ2n) is 5.40. The Morgan fingerprint density at radius 3 is 2.31 bits per heavy atom. The maximum atomic E-state index is 13.0. The molecule has 0 aliphatic carbocycles. The van der Waals surface area contributed by atoms with Crippen LogP contribution in [0.1, 0.15) is 27.6 Å². The lowest BCUT2D eigenvalue weighted by Gasteiger charge is -2.21. The van der Waals surface area contributed by atoms with E-state index >= 15 is 0 Å². The van der Waals surface area contributed by atoms with Crippen LogP contribution in [0.3, 0.4) is 0 Å². The van der Waals surface area contributed by atoms with Gasteiger partial charge in [0.2, 0.25) is 5.82 Å². The number of carboxylic acids is 1. The summed E-state index contributed by atoms with van der Waals surface area (Å²) >= 11 is 0. The highest BCUT2D eigenvalue weighted by Crippen LogP contribution is 2.26. The van der Waals surface area contributed by atoms with E-state index in [1.54, 1.807) is 0 Å². The third kappa shape index (κ3) is 4.98. The van der Waals surface area contributed by atoms with E-state index < -0.39 is 41.9 Å². The molecule has 0 fully saturated rings. The Bertz CT molecular complexity index is 822. The lowest BCUT2D eigenvalue weighted by atomic mass is 10.2. The average molecular weight is 371 g/mol. The smallest absolute Gasteiger partial charge is 0.451 e. The summed E-state index contributed by atoms with van der Waals surface area (Å²) in [7, 11) is 0. The Labute approximate surface area is 145 Å². The standard InChI is InChI=1S/C16H13F4N3O3/c1-9-6-12(22-15(21-9)16(18,19)20)14(26)23(8-13(24)25)7-10-2-4-11(17)5-3-10/h2-6H,7-8H2,1H3,(H,24,25). The van der Waals surface area contributed by atoms with Crippen LogP contribution >= 0.6 is 0 Å². The van der Waals surface area contributed by atoms with E-state index in [0.717, 1.165) is 23.1 Å². The third-order valence-corrected chi connectivity index (χ3v) is 3.23. The van der Waals surface area contributed by atoms with Crippen molar-refractivity contribution in [2.24, 2.45) is 0 Å². The SMILES string of the molecule is Cc1cc(C(=O)N(CC(=O)O)Cc2ccc(F)cc2)nc(C(F)(F)F)n1. The predicted octanol–water partition coefficient (Wildman–Crippen LogP) is 2.67. The number of aromatic nitrogens is 2. The Balaban J connectivity index is 2.35. The number of aliphatic carboxylic acids is 1. The van der Waals surface area contributed by atoms with Crippen LogP contribution in [0.2, 0.25) is 0 Å². The summed E-state index contributed by atoms with van der Waals surface area (Å²) in [6.07, 6.45) is -4.85. The number of hydrogen-bond acceptors (Lipinski definition) is 4. The summed E-state index contributed by atoms with van der Waals surface area (Å²) in [5, 5.41) is 8.97. The van der Waals surface area contributed by atoms with Crippen LogP contribution < -0.4 is 0 Å². The fourth-order valence-corrected chi connectivity index (χ4v) is 2.14. The number of carbonyl (C=O) groups excluding carboxylic acids is 1. The predicted molar refractivity (Wildman–Crippen MR) is 80.5 cm³/mol. The van der Waals surface area contributed by atoms with Gasteiger partial charge in [0.25, 0.3) is 5.91 Å². The molecule has 1 aromatic carbocycles. The number of alkyl halides is 3. The Kier molecular flexibility index (Phi) is 5.53. The van der Waals surface area contributed by atoms with Crippen LogP contribution in [0.5, 0.6) is 0 Å². The number of rotatable bonds is 5. The zero-order valence-electron chi connectivity index (χ0n) is 13.4. The molecule has 0 spiro atoms. The van der Waals surface area contributed by atoms with E-state index in [4.69, 9.17) is 5.11 Å². The van der Waals surface area contributed by atoms with Crippen molar-refractivity contribution in [2.45, 2.75) is 19.6 Å². The second kappa shape index (κ2) is 7.46. The lowest BCUT2D eigenvalue weighted by molar-refractivity contribution is -0.145. The van der Waals surface area contributed by atoms with Crippen molar-refractivity contribution in [1.29, 1.82) is 0 Å². The molecular formula is C16H13F4N3O3. The molecule has 138 valence electrons. The fraction of sp³-hybridized carbons (Fsp3) is 0.250. The molecule has 0 aliphatic rings. The van der Waals surface area contributed by atoms with E-state index in [0.29, 0.717) is 5.56 Å². The van der Waals surface area contributed by atoms with Crippen LogP contribution in [0.4, 0.5) is 17.6 Å². The molecule has 26 heavy (non-hydrogen) atoms. The number of carboxylic acid groups (broad SMARTS) is 1. The van der Waals surface area contributed by atoms with Gasteiger partial charge >= 0.3 is 12.1 Å². The van der Waals surface area contributed by atoms with Gasteiger partial charge in [-0.2, -0.15) is 13.2 Å². The third-order valence-electron chi connectivity index (χ3n) is 3.23.